The highest BCUT2D eigenvalue weighted by Gasteiger charge is 2.18. The molecule has 0 aliphatic heterocycles. The Bertz CT molecular complexity index is 442. The number of aliphatic hydroxyl groups excluding tert-OH is 1. The number of carboxylic acid groups (broad SMARTS) is 1. The first-order chi connectivity index (χ1) is 9.56. The minimum atomic E-state index is -1.24. The Hall–Kier alpha value is -1.88. The summed E-state index contributed by atoms with van der Waals surface area (Å²) in [5.74, 6) is -1.65. The number of carbonyl (C=O) groups is 2. The van der Waals surface area contributed by atoms with E-state index in [0.717, 1.165) is 24.8 Å². The van der Waals surface area contributed by atoms with Crippen molar-refractivity contribution in [2.75, 3.05) is 6.61 Å². The first-order valence-electron chi connectivity index (χ1n) is 6.77. The lowest BCUT2D eigenvalue weighted by atomic mass is 10.0. The van der Waals surface area contributed by atoms with E-state index in [0.29, 0.717) is 0 Å². The summed E-state index contributed by atoms with van der Waals surface area (Å²) in [6.45, 7) is 1.52. The molecule has 1 rings (SSSR count). The van der Waals surface area contributed by atoms with Crippen molar-refractivity contribution in [1.29, 1.82) is 0 Å². The van der Waals surface area contributed by atoms with Gasteiger partial charge in [0.15, 0.2) is 0 Å². The summed E-state index contributed by atoms with van der Waals surface area (Å²) in [5.41, 5.74) is 2.06. The van der Waals surface area contributed by atoms with Crippen LogP contribution in [0.25, 0.3) is 0 Å². The van der Waals surface area contributed by atoms with Crippen molar-refractivity contribution in [3.8, 4) is 0 Å². The number of amides is 1. The maximum absolute atomic E-state index is 11.7. The largest absolute Gasteiger partial charge is 0.480 e. The molecule has 0 aliphatic rings. The molecule has 0 heterocycles. The first kappa shape index (κ1) is 16.2. The van der Waals surface area contributed by atoms with Crippen LogP contribution in [0.3, 0.4) is 0 Å². The lowest BCUT2D eigenvalue weighted by molar-refractivity contribution is -0.142. The summed E-state index contributed by atoms with van der Waals surface area (Å²) in [7, 11) is 0. The summed E-state index contributed by atoms with van der Waals surface area (Å²) in [6.07, 6.45) is 3.41. The maximum atomic E-state index is 11.7. The summed E-state index contributed by atoms with van der Waals surface area (Å²) in [5, 5.41) is 19.8. The van der Waals surface area contributed by atoms with Crippen molar-refractivity contribution >= 4 is 11.9 Å². The van der Waals surface area contributed by atoms with Crippen molar-refractivity contribution in [2.45, 2.75) is 38.6 Å². The van der Waals surface area contributed by atoms with Gasteiger partial charge in [-0.3, -0.25) is 4.79 Å². The predicted molar refractivity (Wildman–Crippen MR) is 75.4 cm³/mol. The molecule has 5 heteroatoms. The van der Waals surface area contributed by atoms with Gasteiger partial charge in [-0.25, -0.2) is 4.79 Å². The highest BCUT2D eigenvalue weighted by atomic mass is 16.4. The van der Waals surface area contributed by atoms with Crippen molar-refractivity contribution in [1.82, 2.24) is 5.32 Å². The zero-order chi connectivity index (χ0) is 15.0. The molecule has 0 fully saturated rings. The lowest BCUT2D eigenvalue weighted by Gasteiger charge is -2.11. The monoisotopic (exact) mass is 279 g/mol. The highest BCUT2D eigenvalue weighted by molar-refractivity contribution is 5.84. The molecule has 1 aromatic rings. The predicted octanol–water partition coefficient (Wildman–Crippen LogP) is 1.13. The fraction of sp³-hybridized carbons (Fsp3) is 0.467. The van der Waals surface area contributed by atoms with Crippen molar-refractivity contribution in [3.05, 3.63) is 35.4 Å². The van der Waals surface area contributed by atoms with Crippen LogP contribution in [0.4, 0.5) is 0 Å². The van der Waals surface area contributed by atoms with Gasteiger partial charge in [-0.1, -0.05) is 37.6 Å². The van der Waals surface area contributed by atoms with Crippen LogP contribution in [0, 0.1) is 0 Å². The number of aryl methyl sites for hydroxylation is 1. The summed E-state index contributed by atoms with van der Waals surface area (Å²) < 4.78 is 0. The smallest absolute Gasteiger partial charge is 0.328 e. The fourth-order valence-electron chi connectivity index (χ4n) is 1.82. The first-order valence-corrected chi connectivity index (χ1v) is 6.77. The van der Waals surface area contributed by atoms with E-state index in [4.69, 9.17) is 10.2 Å². The molecule has 0 unspecified atom stereocenters. The van der Waals surface area contributed by atoms with Gasteiger partial charge in [-0.15, -0.1) is 0 Å². The average Bonchev–Trinajstić information content (AvgIpc) is 2.43. The van der Waals surface area contributed by atoms with E-state index in [1.807, 2.05) is 24.3 Å². The Kier molecular flexibility index (Phi) is 6.73. The summed E-state index contributed by atoms with van der Waals surface area (Å²) >= 11 is 0. The van der Waals surface area contributed by atoms with Crippen LogP contribution in [0.15, 0.2) is 24.3 Å². The minimum absolute atomic E-state index is 0.109. The van der Waals surface area contributed by atoms with Gasteiger partial charge in [0.25, 0.3) is 0 Å². The van der Waals surface area contributed by atoms with Crippen molar-refractivity contribution in [2.24, 2.45) is 0 Å². The molecule has 0 aromatic heterocycles. The molecule has 3 N–H and O–H groups in total. The molecule has 0 saturated carbocycles. The molecular formula is C15H21NO4. The number of hydrogen-bond donors (Lipinski definition) is 3. The molecule has 0 radical (unpaired) electrons. The maximum Gasteiger partial charge on any atom is 0.328 e. The number of rotatable bonds is 8. The normalized spacial score (nSPS) is 11.9. The number of aliphatic hydroxyl groups is 1. The third-order valence-electron chi connectivity index (χ3n) is 3.02. The Morgan fingerprint density at radius 3 is 2.30 bits per heavy atom. The molecule has 0 spiro atoms. The van der Waals surface area contributed by atoms with Gasteiger partial charge >= 0.3 is 5.97 Å². The van der Waals surface area contributed by atoms with Gasteiger partial charge in [0.1, 0.15) is 6.04 Å². The molecule has 1 aromatic carbocycles. The Morgan fingerprint density at radius 2 is 1.80 bits per heavy atom. The minimum Gasteiger partial charge on any atom is -0.480 e. The van der Waals surface area contributed by atoms with Crippen LogP contribution in [0.2, 0.25) is 0 Å². The number of carbonyl (C=O) groups excluding carboxylic acids is 1. The number of carboxylic acids is 1. The molecule has 110 valence electrons. The summed E-state index contributed by atoms with van der Waals surface area (Å²) in [6, 6.07) is 6.47. The fourth-order valence-corrected chi connectivity index (χ4v) is 1.82. The molecule has 0 bridgehead atoms. The van der Waals surface area contributed by atoms with Crippen LogP contribution in [0.1, 0.15) is 30.9 Å². The van der Waals surface area contributed by atoms with E-state index in [9.17, 15) is 9.59 Å². The van der Waals surface area contributed by atoms with Gasteiger partial charge in [0.2, 0.25) is 5.91 Å². The molecule has 0 saturated heterocycles. The van der Waals surface area contributed by atoms with Gasteiger partial charge in [0.05, 0.1) is 13.0 Å². The second-order valence-electron chi connectivity index (χ2n) is 4.74. The molecule has 1 amide bonds. The van der Waals surface area contributed by atoms with E-state index in [2.05, 4.69) is 12.2 Å². The van der Waals surface area contributed by atoms with Gasteiger partial charge in [-0.05, 0) is 24.0 Å². The number of nitrogens with one attached hydrogen (secondary N) is 1. The van der Waals surface area contributed by atoms with Crippen LogP contribution in [0.5, 0.6) is 0 Å². The number of hydrogen-bond acceptors (Lipinski definition) is 3. The van der Waals surface area contributed by atoms with E-state index in [-0.39, 0.29) is 6.42 Å². The molecule has 0 aliphatic carbocycles. The lowest BCUT2D eigenvalue weighted by Crippen LogP contribution is -2.43. The van der Waals surface area contributed by atoms with E-state index in [1.165, 1.54) is 5.56 Å². The zero-order valence-corrected chi connectivity index (χ0v) is 11.6. The molecular weight excluding hydrogens is 258 g/mol. The number of unbranched alkanes of at least 4 members (excludes halogenated alkanes) is 1. The standard InChI is InChI=1S/C15H21NO4/c1-2-3-4-11-5-7-12(8-6-11)9-14(18)16-13(10-17)15(19)20/h5-8,13,17H,2-4,9-10H2,1H3,(H,16,18)(H,19,20)/t13-/m1/s1. The topological polar surface area (TPSA) is 86.6 Å². The van der Waals surface area contributed by atoms with Gasteiger partial charge in [0, 0.05) is 0 Å². The van der Waals surface area contributed by atoms with Crippen LogP contribution < -0.4 is 5.32 Å². The summed E-state index contributed by atoms with van der Waals surface area (Å²) in [4.78, 5) is 22.3. The Labute approximate surface area is 118 Å². The number of benzene rings is 1. The van der Waals surface area contributed by atoms with Gasteiger partial charge < -0.3 is 15.5 Å². The SMILES string of the molecule is CCCCc1ccc(CC(=O)N[C@H](CO)C(=O)O)cc1. The Morgan fingerprint density at radius 1 is 1.20 bits per heavy atom. The van der Waals surface area contributed by atoms with E-state index in [1.54, 1.807) is 0 Å². The van der Waals surface area contributed by atoms with Crippen LogP contribution in [-0.4, -0.2) is 34.7 Å². The second-order valence-corrected chi connectivity index (χ2v) is 4.74. The van der Waals surface area contributed by atoms with E-state index < -0.39 is 24.5 Å². The highest BCUT2D eigenvalue weighted by Crippen LogP contribution is 2.08. The van der Waals surface area contributed by atoms with Gasteiger partial charge in [-0.2, -0.15) is 0 Å². The second kappa shape index (κ2) is 8.32. The molecule has 1 atom stereocenters. The average molecular weight is 279 g/mol. The van der Waals surface area contributed by atoms with Crippen molar-refractivity contribution in [3.63, 3.8) is 0 Å². The third kappa shape index (κ3) is 5.40. The number of aliphatic carboxylic acids is 1. The van der Waals surface area contributed by atoms with Crippen molar-refractivity contribution < 1.29 is 19.8 Å². The third-order valence-corrected chi connectivity index (χ3v) is 3.02. The molecule has 5 nitrogen and oxygen atoms in total. The quantitative estimate of drug-likeness (QED) is 0.666. The Balaban J connectivity index is 2.51. The zero-order valence-electron chi connectivity index (χ0n) is 11.6. The van der Waals surface area contributed by atoms with Crippen LogP contribution in [-0.2, 0) is 22.4 Å². The van der Waals surface area contributed by atoms with E-state index >= 15 is 0 Å². The molecule has 20 heavy (non-hydrogen) atoms. The van der Waals surface area contributed by atoms with Crippen LogP contribution >= 0.6 is 0 Å².